The second-order valence-corrected chi connectivity index (χ2v) is 7.38. The number of aromatic amines is 1. The van der Waals surface area contributed by atoms with Gasteiger partial charge in [0.25, 0.3) is 0 Å². The van der Waals surface area contributed by atoms with Crippen LogP contribution in [0.5, 0.6) is 11.5 Å². The second kappa shape index (κ2) is 8.00. The number of fused-ring (bicyclic) bond motifs is 1. The average molecular weight is 408 g/mol. The molecule has 0 aliphatic heterocycles. The van der Waals surface area contributed by atoms with Gasteiger partial charge in [-0.1, -0.05) is 42.1 Å². The molecule has 0 aliphatic rings. The Morgan fingerprint density at radius 1 is 1.07 bits per heavy atom. The van der Waals surface area contributed by atoms with Crippen LogP contribution in [-0.4, -0.2) is 33.8 Å². The number of methoxy groups -OCH3 is 2. The number of benzene rings is 2. The van der Waals surface area contributed by atoms with Crippen molar-refractivity contribution in [3.05, 3.63) is 70.3 Å². The van der Waals surface area contributed by atoms with Gasteiger partial charge in [0.1, 0.15) is 11.5 Å². The summed E-state index contributed by atoms with van der Waals surface area (Å²) in [6, 6.07) is 15.5. The summed E-state index contributed by atoms with van der Waals surface area (Å²) < 4.78 is 12.0. The molecule has 7 nitrogen and oxygen atoms in total. The molecule has 2 aromatic heterocycles. The van der Waals surface area contributed by atoms with Gasteiger partial charge in [0.2, 0.25) is 0 Å². The van der Waals surface area contributed by atoms with Crippen molar-refractivity contribution in [2.45, 2.75) is 17.8 Å². The molecule has 0 spiro atoms. The summed E-state index contributed by atoms with van der Waals surface area (Å²) in [6.45, 7) is 1.88. The maximum atomic E-state index is 12.6. The van der Waals surface area contributed by atoms with Crippen LogP contribution in [0.15, 0.2) is 58.5 Å². The average Bonchev–Trinajstić information content (AvgIpc) is 3.09. The van der Waals surface area contributed by atoms with Crippen LogP contribution in [0.25, 0.3) is 16.8 Å². The number of hydrogen-bond donors (Lipinski definition) is 1. The van der Waals surface area contributed by atoms with Gasteiger partial charge in [-0.25, -0.2) is 9.78 Å². The van der Waals surface area contributed by atoms with Gasteiger partial charge in [-0.2, -0.15) is 9.61 Å². The van der Waals surface area contributed by atoms with E-state index in [1.807, 2.05) is 55.5 Å². The van der Waals surface area contributed by atoms with Crippen molar-refractivity contribution in [1.82, 2.24) is 19.6 Å². The third-order valence-corrected chi connectivity index (χ3v) is 5.44. The molecule has 148 valence electrons. The fraction of sp³-hybridized carbons (Fsp3) is 0.190. The minimum absolute atomic E-state index is 0.314. The molecule has 8 heteroatoms. The minimum atomic E-state index is -0.314. The van der Waals surface area contributed by atoms with E-state index in [9.17, 15) is 4.79 Å². The third-order valence-electron chi connectivity index (χ3n) is 4.50. The molecule has 0 saturated carbocycles. The Balaban J connectivity index is 1.70. The second-order valence-electron chi connectivity index (χ2n) is 6.42. The Bertz CT molecular complexity index is 1200. The number of aryl methyl sites for hydroxylation is 1. The van der Waals surface area contributed by atoms with Crippen LogP contribution >= 0.6 is 11.8 Å². The largest absolute Gasteiger partial charge is 0.497 e. The zero-order valence-corrected chi connectivity index (χ0v) is 17.1. The molecule has 0 bridgehead atoms. The van der Waals surface area contributed by atoms with Crippen LogP contribution in [0.3, 0.4) is 0 Å². The van der Waals surface area contributed by atoms with E-state index in [0.29, 0.717) is 16.6 Å². The number of rotatable bonds is 6. The van der Waals surface area contributed by atoms with E-state index in [1.54, 1.807) is 14.2 Å². The highest BCUT2D eigenvalue weighted by Gasteiger charge is 2.16. The Morgan fingerprint density at radius 3 is 2.41 bits per heavy atom. The maximum absolute atomic E-state index is 12.6. The van der Waals surface area contributed by atoms with Gasteiger partial charge in [-0.05, 0) is 30.2 Å². The van der Waals surface area contributed by atoms with E-state index in [-0.39, 0.29) is 5.69 Å². The lowest BCUT2D eigenvalue weighted by Gasteiger charge is -2.08. The SMILES string of the molecule is COc1cc(CSc2nc3c(-c4ccccc4)c(C)nn3c(=O)[nH]2)cc(OC)c1. The quantitative estimate of drug-likeness (QED) is 0.490. The molecule has 0 saturated heterocycles. The predicted molar refractivity (Wildman–Crippen MR) is 113 cm³/mol. The summed E-state index contributed by atoms with van der Waals surface area (Å²) in [6.07, 6.45) is 0. The van der Waals surface area contributed by atoms with E-state index in [0.717, 1.165) is 33.9 Å². The summed E-state index contributed by atoms with van der Waals surface area (Å²) in [5, 5.41) is 4.89. The zero-order chi connectivity index (χ0) is 20.4. The van der Waals surface area contributed by atoms with E-state index >= 15 is 0 Å². The van der Waals surface area contributed by atoms with Crippen molar-refractivity contribution in [3.63, 3.8) is 0 Å². The van der Waals surface area contributed by atoms with Gasteiger partial charge >= 0.3 is 5.69 Å². The topological polar surface area (TPSA) is 81.5 Å². The van der Waals surface area contributed by atoms with Crippen LogP contribution in [0.1, 0.15) is 11.3 Å². The molecule has 0 fully saturated rings. The van der Waals surface area contributed by atoms with Gasteiger partial charge in [0.05, 0.1) is 19.9 Å². The van der Waals surface area contributed by atoms with E-state index in [2.05, 4.69) is 15.1 Å². The van der Waals surface area contributed by atoms with Crippen molar-refractivity contribution in [2.75, 3.05) is 14.2 Å². The van der Waals surface area contributed by atoms with Gasteiger partial charge in [-0.15, -0.1) is 0 Å². The highest BCUT2D eigenvalue weighted by molar-refractivity contribution is 7.98. The van der Waals surface area contributed by atoms with Gasteiger partial charge in [-0.3, -0.25) is 4.98 Å². The van der Waals surface area contributed by atoms with Crippen LogP contribution in [-0.2, 0) is 5.75 Å². The molecule has 0 aliphatic carbocycles. The summed E-state index contributed by atoms with van der Waals surface area (Å²) in [5.41, 5.74) is 3.83. The molecular weight excluding hydrogens is 388 g/mol. The molecule has 29 heavy (non-hydrogen) atoms. The first-order chi connectivity index (χ1) is 14.1. The lowest BCUT2D eigenvalue weighted by molar-refractivity contribution is 0.393. The Labute approximate surface area is 171 Å². The monoisotopic (exact) mass is 408 g/mol. The summed E-state index contributed by atoms with van der Waals surface area (Å²) in [5.74, 6) is 2.03. The van der Waals surface area contributed by atoms with Crippen LogP contribution in [0.2, 0.25) is 0 Å². The van der Waals surface area contributed by atoms with Crippen LogP contribution in [0.4, 0.5) is 0 Å². The zero-order valence-electron chi connectivity index (χ0n) is 16.3. The fourth-order valence-electron chi connectivity index (χ4n) is 3.14. The molecule has 1 N–H and O–H groups in total. The number of nitrogens with zero attached hydrogens (tertiary/aromatic N) is 3. The Morgan fingerprint density at radius 2 is 1.76 bits per heavy atom. The summed E-state index contributed by atoms with van der Waals surface area (Å²) in [7, 11) is 3.23. The number of hydrogen-bond acceptors (Lipinski definition) is 6. The molecule has 4 rings (SSSR count). The van der Waals surface area contributed by atoms with Gasteiger partial charge in [0, 0.05) is 17.4 Å². The van der Waals surface area contributed by atoms with E-state index < -0.39 is 0 Å². The van der Waals surface area contributed by atoms with Crippen molar-refractivity contribution >= 4 is 17.4 Å². The third kappa shape index (κ3) is 3.84. The number of aromatic nitrogens is 4. The number of ether oxygens (including phenoxy) is 2. The van der Waals surface area contributed by atoms with E-state index in [1.165, 1.54) is 16.3 Å². The number of nitrogens with one attached hydrogen (secondary N) is 1. The fourth-order valence-corrected chi connectivity index (χ4v) is 3.92. The Hall–Kier alpha value is -3.26. The molecule has 4 aromatic rings. The maximum Gasteiger partial charge on any atom is 0.350 e. The highest BCUT2D eigenvalue weighted by atomic mass is 32.2. The van der Waals surface area contributed by atoms with Gasteiger partial charge in [0.15, 0.2) is 10.8 Å². The van der Waals surface area contributed by atoms with Crippen molar-refractivity contribution in [2.24, 2.45) is 0 Å². The molecule has 0 radical (unpaired) electrons. The van der Waals surface area contributed by atoms with Crippen LogP contribution < -0.4 is 15.2 Å². The standard InChI is InChI=1S/C21H20N4O3S/c1-13-18(15-7-5-4-6-8-15)19-22-20(23-21(26)25(19)24-13)29-12-14-9-16(27-2)11-17(10-14)28-3/h4-11H,12H2,1-3H3,(H,22,23,26). The summed E-state index contributed by atoms with van der Waals surface area (Å²) >= 11 is 1.44. The Kier molecular flexibility index (Phi) is 5.26. The number of H-pyrrole nitrogens is 1. The first-order valence-electron chi connectivity index (χ1n) is 8.99. The number of thioether (sulfide) groups is 1. The molecule has 2 heterocycles. The lowest BCUT2D eigenvalue weighted by Crippen LogP contribution is -2.19. The van der Waals surface area contributed by atoms with Crippen molar-refractivity contribution < 1.29 is 9.47 Å². The minimum Gasteiger partial charge on any atom is -0.497 e. The van der Waals surface area contributed by atoms with Gasteiger partial charge < -0.3 is 9.47 Å². The molecular formula is C21H20N4O3S. The summed E-state index contributed by atoms with van der Waals surface area (Å²) in [4.78, 5) is 20.0. The highest BCUT2D eigenvalue weighted by Crippen LogP contribution is 2.29. The molecule has 2 aromatic carbocycles. The van der Waals surface area contributed by atoms with Crippen molar-refractivity contribution in [1.29, 1.82) is 0 Å². The van der Waals surface area contributed by atoms with E-state index in [4.69, 9.17) is 9.47 Å². The van der Waals surface area contributed by atoms with Crippen LogP contribution in [0, 0.1) is 6.92 Å². The normalized spacial score (nSPS) is 11.0. The molecule has 0 unspecified atom stereocenters. The first-order valence-corrected chi connectivity index (χ1v) is 9.97. The first kappa shape index (κ1) is 19.1. The predicted octanol–water partition coefficient (Wildman–Crippen LogP) is 3.70. The smallest absolute Gasteiger partial charge is 0.350 e. The van der Waals surface area contributed by atoms with Crippen molar-refractivity contribution in [3.8, 4) is 22.6 Å². The molecule has 0 atom stereocenters. The lowest BCUT2D eigenvalue weighted by atomic mass is 10.1. The molecule has 0 amide bonds.